The molecular weight excluding hydrogens is 621 g/mol. The number of likely N-dealkylation sites (tertiary alicyclic amines) is 2. The van der Waals surface area contributed by atoms with Gasteiger partial charge in [-0.25, -0.2) is 4.21 Å². The van der Waals surface area contributed by atoms with E-state index >= 15 is 0 Å². The monoisotopic (exact) mass is 670 g/mol. The Morgan fingerprint density at radius 3 is 2.44 bits per heavy atom. The number of hydrogen-bond donors (Lipinski definition) is 1. The third-order valence-electron chi connectivity index (χ3n) is 12.8. The molecule has 1 N–H and O–H groups in total. The molecular formula is C39H50N4O4S. The van der Waals surface area contributed by atoms with Gasteiger partial charge in [0, 0.05) is 58.4 Å². The first kappa shape index (κ1) is 32.1. The van der Waals surface area contributed by atoms with Gasteiger partial charge in [-0.1, -0.05) is 25.3 Å². The number of carbonyl (C=O) groups is 2. The number of nitrogens with zero attached hydrogens (tertiary/aromatic N) is 3. The zero-order chi connectivity index (χ0) is 33.4. The second-order valence-electron chi connectivity index (χ2n) is 15.6. The van der Waals surface area contributed by atoms with Crippen LogP contribution >= 0.6 is 0 Å². The van der Waals surface area contributed by atoms with E-state index in [1.165, 1.54) is 59.9 Å². The molecule has 256 valence electrons. The molecule has 3 atom stereocenters. The van der Waals surface area contributed by atoms with Gasteiger partial charge in [0.15, 0.2) is 0 Å². The molecule has 2 amide bonds. The molecule has 0 radical (unpaired) electrons. The molecule has 5 aliphatic rings. The molecule has 2 saturated heterocycles. The van der Waals surface area contributed by atoms with Crippen LogP contribution in [-0.4, -0.2) is 75.0 Å². The largest absolute Gasteiger partial charge is 0.497 e. The summed E-state index contributed by atoms with van der Waals surface area (Å²) >= 11 is 0. The maximum atomic E-state index is 14.9. The van der Waals surface area contributed by atoms with Crippen LogP contribution < -0.4 is 9.46 Å². The zero-order valence-electron chi connectivity index (χ0n) is 29.0. The zero-order valence-corrected chi connectivity index (χ0v) is 29.8. The maximum absolute atomic E-state index is 14.9. The molecule has 9 heteroatoms. The molecule has 4 fully saturated rings. The van der Waals surface area contributed by atoms with Gasteiger partial charge >= 0.3 is 0 Å². The predicted molar refractivity (Wildman–Crippen MR) is 191 cm³/mol. The van der Waals surface area contributed by atoms with Crippen LogP contribution in [0.5, 0.6) is 5.75 Å². The molecule has 2 aliphatic carbocycles. The van der Waals surface area contributed by atoms with Gasteiger partial charge in [-0.2, -0.15) is 0 Å². The number of rotatable bonds is 6. The molecule has 1 spiro atoms. The number of ether oxygens (including phenoxy) is 1. The molecule has 2 aromatic carbocycles. The standard InChI is InChI=1S/C39H50N4O4S/c1-25(2)48(46)40-36(44)27-11-13-30-33(21-27)43-24-39(37(45)42-19-16-38(17-20-42)15-8-18-41(38)3)23-32(39)31-22-28(47-4)12-14-29(31)35(43)34(30)26-9-6-5-7-10-26/h11-14,21-22,25-26,32H,5-10,15-20,23-24H2,1-4H3,(H,40,44). The minimum Gasteiger partial charge on any atom is -0.497 e. The number of nitrogens with one attached hydrogen (secondary N) is 1. The molecule has 8 rings (SSSR count). The summed E-state index contributed by atoms with van der Waals surface area (Å²) in [5.74, 6) is 1.32. The lowest BCUT2D eigenvalue weighted by molar-refractivity contribution is -0.140. The maximum Gasteiger partial charge on any atom is 0.263 e. The van der Waals surface area contributed by atoms with E-state index < -0.39 is 16.4 Å². The number of carbonyl (C=O) groups excluding carboxylic acids is 2. The van der Waals surface area contributed by atoms with Gasteiger partial charge in [0.2, 0.25) is 5.91 Å². The van der Waals surface area contributed by atoms with Crippen LogP contribution in [0.25, 0.3) is 22.2 Å². The number of amides is 2. The molecule has 1 aromatic heterocycles. The first-order valence-corrected chi connectivity index (χ1v) is 19.4. The number of fused-ring (bicyclic) bond motifs is 7. The van der Waals surface area contributed by atoms with Gasteiger partial charge in [0.05, 0.1) is 18.2 Å². The summed E-state index contributed by atoms with van der Waals surface area (Å²) in [7, 11) is 2.51. The van der Waals surface area contributed by atoms with Crippen LogP contribution in [0.2, 0.25) is 0 Å². The lowest BCUT2D eigenvalue weighted by Crippen LogP contribution is -2.53. The highest BCUT2D eigenvalue weighted by atomic mass is 32.2. The summed E-state index contributed by atoms with van der Waals surface area (Å²) in [6, 6.07) is 12.4. The van der Waals surface area contributed by atoms with Crippen LogP contribution in [0.1, 0.15) is 111 Å². The highest BCUT2D eigenvalue weighted by molar-refractivity contribution is 7.84. The Morgan fingerprint density at radius 1 is 0.979 bits per heavy atom. The molecule has 3 unspecified atom stereocenters. The van der Waals surface area contributed by atoms with E-state index in [1.807, 2.05) is 26.0 Å². The average Bonchev–Trinajstić information content (AvgIpc) is 3.65. The summed E-state index contributed by atoms with van der Waals surface area (Å²) in [5.41, 5.74) is 6.20. The Balaban J connectivity index is 1.26. The summed E-state index contributed by atoms with van der Waals surface area (Å²) in [4.78, 5) is 33.0. The van der Waals surface area contributed by atoms with Gasteiger partial charge in [-0.3, -0.25) is 14.3 Å². The fourth-order valence-electron chi connectivity index (χ4n) is 9.84. The van der Waals surface area contributed by atoms with Crippen molar-refractivity contribution < 1.29 is 18.5 Å². The van der Waals surface area contributed by atoms with Crippen molar-refractivity contribution >= 4 is 33.7 Å². The van der Waals surface area contributed by atoms with Crippen LogP contribution in [0.3, 0.4) is 0 Å². The normalized spacial score (nSPS) is 25.8. The Bertz CT molecular complexity index is 1800. The first-order chi connectivity index (χ1) is 23.2. The number of piperidine rings is 1. The van der Waals surface area contributed by atoms with Crippen molar-refractivity contribution in [1.29, 1.82) is 0 Å². The summed E-state index contributed by atoms with van der Waals surface area (Å²) in [6.45, 7) is 7.05. The van der Waals surface area contributed by atoms with Gasteiger partial charge in [0.25, 0.3) is 5.91 Å². The number of aromatic nitrogens is 1. The molecule has 4 heterocycles. The van der Waals surface area contributed by atoms with Crippen LogP contribution in [0, 0.1) is 5.41 Å². The fourth-order valence-corrected chi connectivity index (χ4v) is 10.4. The van der Waals surface area contributed by atoms with E-state index in [9.17, 15) is 13.8 Å². The van der Waals surface area contributed by atoms with Crippen LogP contribution in [0.4, 0.5) is 0 Å². The predicted octanol–water partition coefficient (Wildman–Crippen LogP) is 6.74. The highest BCUT2D eigenvalue weighted by Gasteiger charge is 2.64. The Hall–Kier alpha value is -3.17. The van der Waals surface area contributed by atoms with Gasteiger partial charge in [-0.05, 0) is 120 Å². The lowest BCUT2D eigenvalue weighted by atomic mass is 9.81. The van der Waals surface area contributed by atoms with E-state index in [1.54, 1.807) is 7.11 Å². The van der Waals surface area contributed by atoms with E-state index in [-0.39, 0.29) is 28.5 Å². The van der Waals surface area contributed by atoms with Crippen LogP contribution in [0.15, 0.2) is 36.4 Å². The summed E-state index contributed by atoms with van der Waals surface area (Å²) in [6.07, 6.45) is 11.4. The summed E-state index contributed by atoms with van der Waals surface area (Å²) in [5, 5.41) is 0.996. The minimum atomic E-state index is -1.46. The van der Waals surface area contributed by atoms with Crippen molar-refractivity contribution in [3.05, 3.63) is 53.1 Å². The van der Waals surface area contributed by atoms with Crippen molar-refractivity contribution in [2.45, 2.75) is 107 Å². The van der Waals surface area contributed by atoms with Crippen molar-refractivity contribution in [3.8, 4) is 17.0 Å². The van der Waals surface area contributed by atoms with E-state index in [2.05, 4.69) is 50.4 Å². The molecule has 8 nitrogen and oxygen atoms in total. The van der Waals surface area contributed by atoms with Gasteiger partial charge < -0.3 is 19.1 Å². The van der Waals surface area contributed by atoms with E-state index in [0.717, 1.165) is 63.0 Å². The van der Waals surface area contributed by atoms with Crippen molar-refractivity contribution in [2.24, 2.45) is 5.41 Å². The number of hydrogen-bond acceptors (Lipinski definition) is 5. The van der Waals surface area contributed by atoms with E-state index in [0.29, 0.717) is 18.0 Å². The van der Waals surface area contributed by atoms with Gasteiger partial charge in [0.1, 0.15) is 16.7 Å². The molecule has 3 aliphatic heterocycles. The third kappa shape index (κ3) is 5.05. The third-order valence-corrected chi connectivity index (χ3v) is 14.0. The van der Waals surface area contributed by atoms with Crippen LogP contribution in [-0.2, 0) is 22.3 Å². The molecule has 48 heavy (non-hydrogen) atoms. The van der Waals surface area contributed by atoms with Crippen molar-refractivity contribution in [3.63, 3.8) is 0 Å². The topological polar surface area (TPSA) is 83.9 Å². The second-order valence-corrected chi connectivity index (χ2v) is 17.3. The molecule has 0 bridgehead atoms. The fraction of sp³-hybridized carbons (Fsp3) is 0.590. The number of benzene rings is 2. The quantitative estimate of drug-likeness (QED) is 0.314. The molecule has 2 saturated carbocycles. The van der Waals surface area contributed by atoms with Crippen molar-refractivity contribution in [1.82, 2.24) is 19.1 Å². The lowest BCUT2D eigenvalue weighted by Gasteiger charge is -2.44. The summed E-state index contributed by atoms with van der Waals surface area (Å²) < 4.78 is 23.5. The van der Waals surface area contributed by atoms with E-state index in [4.69, 9.17) is 4.74 Å². The Morgan fingerprint density at radius 2 is 1.75 bits per heavy atom. The van der Waals surface area contributed by atoms with Crippen molar-refractivity contribution in [2.75, 3.05) is 33.8 Å². The van der Waals surface area contributed by atoms with Gasteiger partial charge in [-0.15, -0.1) is 0 Å². The highest BCUT2D eigenvalue weighted by Crippen LogP contribution is 2.66. The Labute approximate surface area is 287 Å². The minimum absolute atomic E-state index is 0.120. The average molecular weight is 671 g/mol. The number of methoxy groups -OCH3 is 1. The smallest absolute Gasteiger partial charge is 0.263 e. The second kappa shape index (κ2) is 12.0. The Kier molecular flexibility index (Phi) is 8.02. The SMILES string of the molecule is COc1ccc2c(c1)C1CC1(C(=O)N1CCC3(CCCN3C)CC1)Cn1c-2c(C2CCCCC2)c2ccc(C(=O)NS(=O)C(C)C)cc21. The molecule has 3 aromatic rings. The first-order valence-electron chi connectivity index (χ1n) is 18.2.